The molecule has 0 saturated heterocycles. The number of nitrogens with one attached hydrogen (secondary N) is 2. The molecule has 0 atom stereocenters. The maximum atomic E-state index is 12.7. The molecule has 0 radical (unpaired) electrons. The SMILES string of the molecule is CNCCCCCCO[C@H]1CC[C@H](N(C)C(=S)Nc2ccc(C(F)(F)F)cc2)CC1. The number of unbranched alkanes of at least 4 members (excludes halogenated alkanes) is 3. The molecule has 1 aliphatic rings. The van der Waals surface area contributed by atoms with Crippen molar-refractivity contribution in [2.24, 2.45) is 0 Å². The summed E-state index contributed by atoms with van der Waals surface area (Å²) in [5.41, 5.74) is -0.102. The van der Waals surface area contributed by atoms with Crippen molar-refractivity contribution < 1.29 is 17.9 Å². The molecule has 170 valence electrons. The van der Waals surface area contributed by atoms with Gasteiger partial charge in [-0.15, -0.1) is 0 Å². The van der Waals surface area contributed by atoms with E-state index in [0.29, 0.717) is 22.9 Å². The minimum Gasteiger partial charge on any atom is -0.378 e. The van der Waals surface area contributed by atoms with Gasteiger partial charge in [0, 0.05) is 25.4 Å². The molecule has 0 spiro atoms. The molecule has 1 aliphatic carbocycles. The van der Waals surface area contributed by atoms with Crippen LogP contribution in [0.5, 0.6) is 0 Å². The number of hydrogen-bond donors (Lipinski definition) is 2. The topological polar surface area (TPSA) is 36.5 Å². The van der Waals surface area contributed by atoms with Crippen LogP contribution in [-0.2, 0) is 10.9 Å². The number of alkyl halides is 3. The third-order valence-electron chi connectivity index (χ3n) is 5.65. The first-order valence-corrected chi connectivity index (χ1v) is 11.2. The van der Waals surface area contributed by atoms with E-state index < -0.39 is 11.7 Å². The second-order valence-corrected chi connectivity index (χ2v) is 8.32. The summed E-state index contributed by atoms with van der Waals surface area (Å²) in [6.45, 7) is 1.91. The molecule has 0 unspecified atom stereocenters. The Morgan fingerprint density at radius 2 is 1.70 bits per heavy atom. The lowest BCUT2D eigenvalue weighted by Gasteiger charge is -2.36. The molecular weight excluding hydrogens is 411 g/mol. The molecule has 1 aromatic rings. The summed E-state index contributed by atoms with van der Waals surface area (Å²) in [6, 6.07) is 5.27. The van der Waals surface area contributed by atoms with Crippen LogP contribution in [-0.4, -0.2) is 49.4 Å². The fraction of sp³-hybridized carbons (Fsp3) is 0.682. The minimum absolute atomic E-state index is 0.320. The second-order valence-electron chi connectivity index (χ2n) is 7.94. The van der Waals surface area contributed by atoms with Crippen molar-refractivity contribution in [3.8, 4) is 0 Å². The Kier molecular flexibility index (Phi) is 10.3. The number of benzene rings is 1. The minimum atomic E-state index is -4.33. The van der Waals surface area contributed by atoms with Gasteiger partial charge in [-0.3, -0.25) is 0 Å². The molecule has 1 aromatic carbocycles. The van der Waals surface area contributed by atoms with Crippen molar-refractivity contribution in [2.45, 2.75) is 69.7 Å². The average Bonchev–Trinajstić information content (AvgIpc) is 2.73. The third-order valence-corrected chi connectivity index (χ3v) is 6.04. The van der Waals surface area contributed by atoms with Crippen LogP contribution >= 0.6 is 12.2 Å². The maximum absolute atomic E-state index is 12.7. The summed E-state index contributed by atoms with van der Waals surface area (Å²) in [5, 5.41) is 6.74. The molecule has 2 N–H and O–H groups in total. The number of hydrogen-bond acceptors (Lipinski definition) is 3. The summed E-state index contributed by atoms with van der Waals surface area (Å²) in [6.07, 6.45) is 4.80. The van der Waals surface area contributed by atoms with Crippen molar-refractivity contribution in [3.05, 3.63) is 29.8 Å². The van der Waals surface area contributed by atoms with Crippen LogP contribution in [0.25, 0.3) is 0 Å². The largest absolute Gasteiger partial charge is 0.416 e. The molecule has 0 amide bonds. The monoisotopic (exact) mass is 445 g/mol. The molecule has 0 aliphatic heterocycles. The van der Waals surface area contributed by atoms with Gasteiger partial charge < -0.3 is 20.3 Å². The van der Waals surface area contributed by atoms with Crippen LogP contribution in [0.4, 0.5) is 18.9 Å². The van der Waals surface area contributed by atoms with Crippen LogP contribution in [0.15, 0.2) is 24.3 Å². The lowest BCUT2D eigenvalue weighted by Crippen LogP contribution is -2.42. The zero-order valence-corrected chi connectivity index (χ0v) is 18.7. The first kappa shape index (κ1) is 24.9. The number of thiocarbonyl (C=S) groups is 1. The highest BCUT2D eigenvalue weighted by Crippen LogP contribution is 2.30. The Balaban J connectivity index is 1.67. The van der Waals surface area contributed by atoms with Gasteiger partial charge in [-0.05, 0) is 88.6 Å². The second kappa shape index (κ2) is 12.5. The van der Waals surface area contributed by atoms with E-state index in [1.165, 1.54) is 31.4 Å². The highest BCUT2D eigenvalue weighted by atomic mass is 32.1. The van der Waals surface area contributed by atoms with E-state index in [9.17, 15) is 13.2 Å². The van der Waals surface area contributed by atoms with Crippen LogP contribution in [0.2, 0.25) is 0 Å². The smallest absolute Gasteiger partial charge is 0.378 e. The number of ether oxygens (including phenoxy) is 1. The molecule has 8 heteroatoms. The molecule has 1 saturated carbocycles. The van der Waals surface area contributed by atoms with E-state index in [4.69, 9.17) is 17.0 Å². The number of halogens is 3. The predicted octanol–water partition coefficient (Wildman–Crippen LogP) is 5.44. The molecule has 2 rings (SSSR count). The average molecular weight is 446 g/mol. The first-order valence-electron chi connectivity index (χ1n) is 10.8. The summed E-state index contributed by atoms with van der Waals surface area (Å²) in [5.74, 6) is 0. The van der Waals surface area contributed by atoms with Crippen LogP contribution in [0.1, 0.15) is 56.9 Å². The fourth-order valence-corrected chi connectivity index (χ4v) is 3.99. The van der Waals surface area contributed by atoms with Gasteiger partial charge in [0.2, 0.25) is 0 Å². The molecular formula is C22H34F3N3OS. The summed E-state index contributed by atoms with van der Waals surface area (Å²) < 4.78 is 44.1. The number of rotatable bonds is 10. The van der Waals surface area contributed by atoms with Crippen LogP contribution in [0.3, 0.4) is 0 Å². The molecule has 4 nitrogen and oxygen atoms in total. The van der Waals surface area contributed by atoms with E-state index in [1.807, 2.05) is 19.0 Å². The van der Waals surface area contributed by atoms with Gasteiger partial charge in [-0.1, -0.05) is 12.8 Å². The van der Waals surface area contributed by atoms with Gasteiger partial charge in [0.1, 0.15) is 0 Å². The lowest BCUT2D eigenvalue weighted by molar-refractivity contribution is -0.137. The van der Waals surface area contributed by atoms with Crippen molar-refractivity contribution >= 4 is 23.0 Å². The Morgan fingerprint density at radius 3 is 2.30 bits per heavy atom. The van der Waals surface area contributed by atoms with Crippen molar-refractivity contribution in [3.63, 3.8) is 0 Å². The Bertz CT molecular complexity index is 632. The lowest BCUT2D eigenvalue weighted by atomic mass is 9.92. The predicted molar refractivity (Wildman–Crippen MR) is 120 cm³/mol. The molecule has 0 aromatic heterocycles. The van der Waals surface area contributed by atoms with Gasteiger partial charge in [0.25, 0.3) is 0 Å². The molecule has 1 fully saturated rings. The summed E-state index contributed by atoms with van der Waals surface area (Å²) >= 11 is 5.46. The van der Waals surface area contributed by atoms with E-state index >= 15 is 0 Å². The molecule has 0 bridgehead atoms. The Morgan fingerprint density at radius 1 is 1.07 bits per heavy atom. The van der Waals surface area contributed by atoms with Crippen LogP contribution in [0, 0.1) is 0 Å². The van der Waals surface area contributed by atoms with Crippen LogP contribution < -0.4 is 10.6 Å². The zero-order chi connectivity index (χ0) is 22.0. The Labute approximate surface area is 183 Å². The highest BCUT2D eigenvalue weighted by Gasteiger charge is 2.30. The third kappa shape index (κ3) is 8.40. The van der Waals surface area contributed by atoms with Gasteiger partial charge in [-0.25, -0.2) is 0 Å². The van der Waals surface area contributed by atoms with Crippen molar-refractivity contribution in [2.75, 3.05) is 32.6 Å². The fourth-order valence-electron chi connectivity index (χ4n) is 3.73. The normalized spacial score (nSPS) is 19.5. The first-order chi connectivity index (χ1) is 14.3. The van der Waals surface area contributed by atoms with Crippen molar-refractivity contribution in [1.82, 2.24) is 10.2 Å². The van der Waals surface area contributed by atoms with E-state index in [-0.39, 0.29) is 0 Å². The van der Waals surface area contributed by atoms with Gasteiger partial charge in [0.05, 0.1) is 11.7 Å². The summed E-state index contributed by atoms with van der Waals surface area (Å²) in [7, 11) is 3.92. The van der Waals surface area contributed by atoms with E-state index in [1.54, 1.807) is 0 Å². The maximum Gasteiger partial charge on any atom is 0.416 e. The molecule has 30 heavy (non-hydrogen) atoms. The van der Waals surface area contributed by atoms with E-state index in [2.05, 4.69) is 10.6 Å². The highest BCUT2D eigenvalue weighted by molar-refractivity contribution is 7.80. The van der Waals surface area contributed by atoms with Gasteiger partial charge in [0.15, 0.2) is 5.11 Å². The quantitative estimate of drug-likeness (QED) is 0.370. The standard InChI is InChI=1S/C22H34F3N3OS/c1-26-15-5-3-4-6-16-29-20-13-11-19(12-14-20)28(2)21(30)27-18-9-7-17(8-10-18)22(23,24)25/h7-10,19-20,26H,3-6,11-16H2,1-2H3,(H,27,30)/t19-,20-. The number of anilines is 1. The van der Waals surface area contributed by atoms with E-state index in [0.717, 1.165) is 57.4 Å². The number of nitrogens with zero attached hydrogens (tertiary/aromatic N) is 1. The molecule has 0 heterocycles. The van der Waals surface area contributed by atoms with Crippen molar-refractivity contribution in [1.29, 1.82) is 0 Å². The summed E-state index contributed by atoms with van der Waals surface area (Å²) in [4.78, 5) is 2.02. The van der Waals surface area contributed by atoms with Gasteiger partial charge in [-0.2, -0.15) is 13.2 Å². The van der Waals surface area contributed by atoms with Gasteiger partial charge >= 0.3 is 6.18 Å². The Hall–Kier alpha value is -1.38. The zero-order valence-electron chi connectivity index (χ0n) is 17.9.